The summed E-state index contributed by atoms with van der Waals surface area (Å²) < 4.78 is 0. The second kappa shape index (κ2) is 8.99. The van der Waals surface area contributed by atoms with E-state index in [2.05, 4.69) is 24.4 Å². The van der Waals surface area contributed by atoms with Gasteiger partial charge >= 0.3 is 0 Å². The van der Waals surface area contributed by atoms with Gasteiger partial charge in [0.2, 0.25) is 5.91 Å². The van der Waals surface area contributed by atoms with E-state index in [0.29, 0.717) is 17.5 Å². The van der Waals surface area contributed by atoms with Crippen molar-refractivity contribution in [3.8, 4) is 0 Å². The Labute approximate surface area is 147 Å². The van der Waals surface area contributed by atoms with Gasteiger partial charge in [0.1, 0.15) is 0 Å². The normalized spacial score (nSPS) is 13.3. The molecular formula is C19H22ClNOS. The van der Waals surface area contributed by atoms with Crippen LogP contribution >= 0.6 is 23.4 Å². The molecule has 122 valence electrons. The highest BCUT2D eigenvalue weighted by Gasteiger charge is 2.18. The molecule has 2 rings (SSSR count). The predicted octanol–water partition coefficient (Wildman–Crippen LogP) is 5.13. The minimum atomic E-state index is -0.0841. The van der Waals surface area contributed by atoms with Gasteiger partial charge in [0, 0.05) is 16.5 Å². The summed E-state index contributed by atoms with van der Waals surface area (Å²) in [4.78, 5) is 13.5. The monoisotopic (exact) mass is 347 g/mol. The number of thioether (sulfide) groups is 1. The zero-order valence-corrected chi connectivity index (χ0v) is 15.0. The molecule has 0 aliphatic rings. The van der Waals surface area contributed by atoms with Crippen molar-refractivity contribution in [2.45, 2.75) is 36.3 Å². The number of benzene rings is 2. The Morgan fingerprint density at radius 2 is 1.78 bits per heavy atom. The maximum atomic E-state index is 12.4. The summed E-state index contributed by atoms with van der Waals surface area (Å²) >= 11 is 7.48. The Hall–Kier alpha value is -1.45. The SMILES string of the molecule is CC[C@@H](Sc1ccc(Cl)cc1)C(=O)NC[C@@H](C)c1ccccc1. The minimum absolute atomic E-state index is 0.0841. The summed E-state index contributed by atoms with van der Waals surface area (Å²) in [6.07, 6.45) is 0.791. The molecule has 23 heavy (non-hydrogen) atoms. The minimum Gasteiger partial charge on any atom is -0.355 e. The topological polar surface area (TPSA) is 29.1 Å². The lowest BCUT2D eigenvalue weighted by Crippen LogP contribution is -2.34. The summed E-state index contributed by atoms with van der Waals surface area (Å²) in [6, 6.07) is 17.9. The van der Waals surface area contributed by atoms with Crippen molar-refractivity contribution in [2.24, 2.45) is 0 Å². The van der Waals surface area contributed by atoms with Crippen LogP contribution in [0.3, 0.4) is 0 Å². The number of carbonyl (C=O) groups is 1. The third kappa shape index (κ3) is 5.60. The Bertz CT molecular complexity index is 615. The second-order valence-electron chi connectivity index (χ2n) is 5.53. The van der Waals surface area contributed by atoms with Crippen molar-refractivity contribution in [2.75, 3.05) is 6.54 Å². The van der Waals surface area contributed by atoms with Crippen molar-refractivity contribution in [3.63, 3.8) is 0 Å². The lowest BCUT2D eigenvalue weighted by atomic mass is 10.0. The van der Waals surface area contributed by atoms with Crippen molar-refractivity contribution < 1.29 is 4.79 Å². The van der Waals surface area contributed by atoms with Gasteiger partial charge in [0.05, 0.1) is 5.25 Å². The van der Waals surface area contributed by atoms with E-state index in [1.165, 1.54) is 5.56 Å². The highest BCUT2D eigenvalue weighted by Crippen LogP contribution is 2.27. The van der Waals surface area contributed by atoms with E-state index < -0.39 is 0 Å². The molecule has 2 atom stereocenters. The zero-order valence-electron chi connectivity index (χ0n) is 13.5. The van der Waals surface area contributed by atoms with Crippen LogP contribution in [0.4, 0.5) is 0 Å². The molecule has 0 saturated carbocycles. The van der Waals surface area contributed by atoms with Crippen LogP contribution in [0.5, 0.6) is 0 Å². The number of carbonyl (C=O) groups excluding carboxylic acids is 1. The molecular weight excluding hydrogens is 326 g/mol. The van der Waals surface area contributed by atoms with E-state index in [4.69, 9.17) is 11.6 Å². The highest BCUT2D eigenvalue weighted by atomic mass is 35.5. The molecule has 0 aliphatic heterocycles. The molecule has 0 heterocycles. The molecule has 1 amide bonds. The van der Waals surface area contributed by atoms with Gasteiger partial charge < -0.3 is 5.32 Å². The Morgan fingerprint density at radius 3 is 2.39 bits per heavy atom. The van der Waals surface area contributed by atoms with E-state index in [0.717, 1.165) is 11.3 Å². The first-order valence-corrected chi connectivity index (χ1v) is 9.10. The van der Waals surface area contributed by atoms with Crippen LogP contribution in [0.1, 0.15) is 31.7 Å². The Kier molecular flexibility index (Phi) is 7.00. The summed E-state index contributed by atoms with van der Waals surface area (Å²) in [6.45, 7) is 4.82. The van der Waals surface area contributed by atoms with Gasteiger partial charge in [-0.3, -0.25) is 4.79 Å². The number of amides is 1. The molecule has 0 aromatic heterocycles. The molecule has 0 fully saturated rings. The predicted molar refractivity (Wildman–Crippen MR) is 99.3 cm³/mol. The number of nitrogens with one attached hydrogen (secondary N) is 1. The molecule has 0 spiro atoms. The van der Waals surface area contributed by atoms with E-state index in [9.17, 15) is 4.79 Å². The second-order valence-corrected chi connectivity index (χ2v) is 7.24. The summed E-state index contributed by atoms with van der Waals surface area (Å²) in [7, 11) is 0. The molecule has 2 aromatic rings. The highest BCUT2D eigenvalue weighted by molar-refractivity contribution is 8.00. The van der Waals surface area contributed by atoms with E-state index >= 15 is 0 Å². The summed E-state index contributed by atoms with van der Waals surface area (Å²) in [5.74, 6) is 0.397. The fourth-order valence-electron chi connectivity index (χ4n) is 2.27. The quantitative estimate of drug-likeness (QED) is 0.703. The molecule has 0 unspecified atom stereocenters. The number of halogens is 1. The first-order chi connectivity index (χ1) is 11.1. The van der Waals surface area contributed by atoms with Gasteiger partial charge in [0.15, 0.2) is 0 Å². The molecule has 1 N–H and O–H groups in total. The number of hydrogen-bond acceptors (Lipinski definition) is 2. The third-order valence-corrected chi connectivity index (χ3v) is 5.33. The van der Waals surface area contributed by atoms with Gasteiger partial charge in [-0.05, 0) is 42.2 Å². The van der Waals surface area contributed by atoms with Crippen LogP contribution in [-0.4, -0.2) is 17.7 Å². The zero-order chi connectivity index (χ0) is 16.7. The van der Waals surface area contributed by atoms with Gasteiger partial charge in [-0.25, -0.2) is 0 Å². The molecule has 0 radical (unpaired) electrons. The van der Waals surface area contributed by atoms with Crippen molar-refractivity contribution in [1.29, 1.82) is 0 Å². The van der Waals surface area contributed by atoms with E-state index in [-0.39, 0.29) is 11.2 Å². The Balaban J connectivity index is 1.88. The van der Waals surface area contributed by atoms with Crippen molar-refractivity contribution in [1.82, 2.24) is 5.32 Å². The first-order valence-electron chi connectivity index (χ1n) is 7.85. The van der Waals surface area contributed by atoms with Gasteiger partial charge in [-0.2, -0.15) is 0 Å². The van der Waals surface area contributed by atoms with Crippen LogP contribution in [0.2, 0.25) is 5.02 Å². The third-order valence-electron chi connectivity index (χ3n) is 3.71. The van der Waals surface area contributed by atoms with Gasteiger partial charge in [-0.15, -0.1) is 11.8 Å². The smallest absolute Gasteiger partial charge is 0.233 e. The maximum Gasteiger partial charge on any atom is 0.233 e. The fourth-order valence-corrected chi connectivity index (χ4v) is 3.37. The maximum absolute atomic E-state index is 12.4. The van der Waals surface area contributed by atoms with Crippen LogP contribution in [0.15, 0.2) is 59.5 Å². The fraction of sp³-hybridized carbons (Fsp3) is 0.316. The molecule has 2 aromatic carbocycles. The Morgan fingerprint density at radius 1 is 1.13 bits per heavy atom. The molecule has 0 aliphatic carbocycles. The number of hydrogen-bond donors (Lipinski definition) is 1. The van der Waals surface area contributed by atoms with Crippen LogP contribution in [0, 0.1) is 0 Å². The van der Waals surface area contributed by atoms with Crippen LogP contribution < -0.4 is 5.32 Å². The molecule has 0 bridgehead atoms. The van der Waals surface area contributed by atoms with E-state index in [1.54, 1.807) is 11.8 Å². The standard InChI is InChI=1S/C19H22ClNOS/c1-3-18(23-17-11-9-16(20)10-12-17)19(22)21-13-14(2)15-7-5-4-6-8-15/h4-12,14,18H,3,13H2,1-2H3,(H,21,22)/t14-,18-/m1/s1. The van der Waals surface area contributed by atoms with Crippen LogP contribution in [-0.2, 0) is 4.79 Å². The summed E-state index contributed by atoms with van der Waals surface area (Å²) in [5.41, 5.74) is 1.24. The molecule has 4 heteroatoms. The number of rotatable bonds is 7. The average Bonchev–Trinajstić information content (AvgIpc) is 2.59. The largest absolute Gasteiger partial charge is 0.355 e. The van der Waals surface area contributed by atoms with Crippen LogP contribution in [0.25, 0.3) is 0 Å². The lowest BCUT2D eigenvalue weighted by Gasteiger charge is -2.17. The van der Waals surface area contributed by atoms with Gasteiger partial charge in [-0.1, -0.05) is 55.8 Å². The lowest BCUT2D eigenvalue weighted by molar-refractivity contribution is -0.120. The summed E-state index contributed by atoms with van der Waals surface area (Å²) in [5, 5.41) is 3.71. The van der Waals surface area contributed by atoms with E-state index in [1.807, 2.05) is 49.4 Å². The van der Waals surface area contributed by atoms with Crippen molar-refractivity contribution >= 4 is 29.3 Å². The first kappa shape index (κ1) is 17.9. The average molecular weight is 348 g/mol. The van der Waals surface area contributed by atoms with Crippen molar-refractivity contribution in [3.05, 3.63) is 65.2 Å². The molecule has 0 saturated heterocycles. The molecule has 2 nitrogen and oxygen atoms in total. The van der Waals surface area contributed by atoms with Gasteiger partial charge in [0.25, 0.3) is 0 Å².